The number of guanidine groups is 1. The zero-order valence-corrected chi connectivity index (χ0v) is 13.8. The fourth-order valence-corrected chi connectivity index (χ4v) is 2.44. The van der Waals surface area contributed by atoms with Crippen LogP contribution >= 0.6 is 0 Å². The van der Waals surface area contributed by atoms with E-state index >= 15 is 0 Å². The first kappa shape index (κ1) is 17.0. The molecule has 130 valence electrons. The van der Waals surface area contributed by atoms with Crippen molar-refractivity contribution < 1.29 is 9.53 Å². The molecule has 0 spiro atoms. The molecule has 3 rings (SSSR count). The maximum Gasteiger partial charge on any atom is 0.343 e. The fourth-order valence-electron chi connectivity index (χ4n) is 2.44. The number of rotatable bonds is 4. The molecule has 0 radical (unpaired) electrons. The predicted octanol–water partition coefficient (Wildman–Crippen LogP) is 2.25. The van der Waals surface area contributed by atoms with Gasteiger partial charge >= 0.3 is 5.97 Å². The second-order valence-corrected chi connectivity index (χ2v) is 5.61. The van der Waals surface area contributed by atoms with Crippen LogP contribution in [0.5, 0.6) is 5.75 Å². The van der Waals surface area contributed by atoms with Crippen molar-refractivity contribution in [3.05, 3.63) is 71.8 Å². The molecule has 7 nitrogen and oxygen atoms in total. The Bertz CT molecular complexity index is 1020. The van der Waals surface area contributed by atoms with Gasteiger partial charge < -0.3 is 21.9 Å². The second kappa shape index (κ2) is 6.94. The zero-order valence-electron chi connectivity index (χ0n) is 13.8. The molecule has 0 aromatic heterocycles. The van der Waals surface area contributed by atoms with Crippen molar-refractivity contribution in [1.29, 1.82) is 5.41 Å². The fraction of sp³-hybridized carbons (Fsp3) is 0. The van der Waals surface area contributed by atoms with Gasteiger partial charge in [-0.15, -0.1) is 0 Å². The summed E-state index contributed by atoms with van der Waals surface area (Å²) >= 11 is 0. The molecule has 0 saturated carbocycles. The van der Waals surface area contributed by atoms with Crippen LogP contribution in [0.2, 0.25) is 0 Å². The number of aliphatic imine (C=N–C) groups is 1. The van der Waals surface area contributed by atoms with Crippen LogP contribution in [0.25, 0.3) is 10.8 Å². The number of benzene rings is 3. The first-order valence-corrected chi connectivity index (χ1v) is 7.72. The highest BCUT2D eigenvalue weighted by atomic mass is 16.5. The number of carbonyl (C=O) groups is 1. The van der Waals surface area contributed by atoms with E-state index in [1.165, 1.54) is 0 Å². The number of nitrogen functional groups attached to an aromatic ring is 1. The van der Waals surface area contributed by atoms with E-state index in [0.717, 1.165) is 10.8 Å². The van der Waals surface area contributed by atoms with E-state index < -0.39 is 5.97 Å². The molecule has 0 unspecified atom stereocenters. The summed E-state index contributed by atoms with van der Waals surface area (Å²) in [4.78, 5) is 16.2. The van der Waals surface area contributed by atoms with Crippen molar-refractivity contribution in [2.45, 2.75) is 0 Å². The van der Waals surface area contributed by atoms with Crippen LogP contribution in [-0.4, -0.2) is 17.8 Å². The minimum Gasteiger partial charge on any atom is -0.423 e. The summed E-state index contributed by atoms with van der Waals surface area (Å²) in [5.74, 6) is -0.108. The Hall–Kier alpha value is -3.87. The molecule has 26 heavy (non-hydrogen) atoms. The topological polar surface area (TPSA) is 141 Å². The number of hydrogen-bond donors (Lipinski definition) is 4. The smallest absolute Gasteiger partial charge is 0.343 e. The molecular formula is C19H17N5O2. The van der Waals surface area contributed by atoms with E-state index in [1.54, 1.807) is 42.5 Å². The summed E-state index contributed by atoms with van der Waals surface area (Å²) in [5.41, 5.74) is 17.7. The van der Waals surface area contributed by atoms with Crippen LogP contribution < -0.4 is 21.9 Å². The SMILES string of the molecule is N=C(N)c1ccc2cc(OC(=O)[13c]3[13cH][13cH][13c](N=C(N)N)[13cH][13cH]3)ccc2c1. The van der Waals surface area contributed by atoms with Crippen molar-refractivity contribution in [2.75, 3.05) is 0 Å². The summed E-state index contributed by atoms with van der Waals surface area (Å²) in [6.45, 7) is 0. The maximum atomic E-state index is 12.3. The molecule has 0 fully saturated rings. The van der Waals surface area contributed by atoms with Crippen LogP contribution in [0, 0.1) is 5.41 Å². The third-order valence-corrected chi connectivity index (χ3v) is 3.69. The molecule has 7 heteroatoms. The lowest BCUT2D eigenvalue weighted by Gasteiger charge is -2.07. The molecule has 7 N–H and O–H groups in total. The van der Waals surface area contributed by atoms with Gasteiger partial charge in [0.2, 0.25) is 0 Å². The molecule has 0 aliphatic rings. The largest absolute Gasteiger partial charge is 0.423 e. The van der Waals surface area contributed by atoms with Crippen LogP contribution in [0.15, 0.2) is 65.7 Å². The molecule has 0 amide bonds. The Kier molecular flexibility index (Phi) is 4.53. The first-order valence-electron chi connectivity index (χ1n) is 7.72. The lowest BCUT2D eigenvalue weighted by atomic mass is 10.1. The molecule has 0 saturated heterocycles. The number of amidine groups is 1. The minimum atomic E-state index is -0.485. The van der Waals surface area contributed by atoms with Crippen molar-refractivity contribution >= 4 is 34.2 Å². The quantitative estimate of drug-likeness (QED) is 0.246. The van der Waals surface area contributed by atoms with Crippen LogP contribution in [0.3, 0.4) is 0 Å². The number of carbonyl (C=O) groups excluding carboxylic acids is 1. The number of nitrogens with one attached hydrogen (secondary N) is 1. The monoisotopic (exact) mass is 353 g/mol. The van der Waals surface area contributed by atoms with Crippen molar-refractivity contribution in [3.8, 4) is 5.75 Å². The van der Waals surface area contributed by atoms with Gasteiger partial charge in [0.25, 0.3) is 0 Å². The van der Waals surface area contributed by atoms with E-state index in [9.17, 15) is 4.79 Å². The number of nitrogens with zero attached hydrogens (tertiary/aromatic N) is 1. The third-order valence-electron chi connectivity index (χ3n) is 3.69. The van der Waals surface area contributed by atoms with Gasteiger partial charge in [-0.3, -0.25) is 5.41 Å². The average Bonchev–Trinajstić information content (AvgIpc) is 2.61. The number of nitrogens with two attached hydrogens (primary N) is 3. The standard InChI is InChI=1S/C19H17N5O2/c20-17(21)14-2-1-13-10-16(8-5-12(13)9-14)26-18(25)11-3-6-15(7-4-11)24-19(22)23/h1-10H,(H3,20,21)(H4,22,23,24)/i3+1,4+1,6+1,7+1,11+1,15+1. The number of ether oxygens (including phenoxy) is 1. The van der Waals surface area contributed by atoms with Crippen molar-refractivity contribution in [2.24, 2.45) is 22.2 Å². The normalized spacial score (nSPS) is 10.3. The van der Waals surface area contributed by atoms with E-state index in [2.05, 4.69) is 4.99 Å². The highest BCUT2D eigenvalue weighted by Crippen LogP contribution is 2.23. The molecule has 0 atom stereocenters. The van der Waals surface area contributed by atoms with Crippen molar-refractivity contribution in [3.63, 3.8) is 0 Å². The molecule has 0 aliphatic heterocycles. The summed E-state index contributed by atoms with van der Waals surface area (Å²) in [7, 11) is 0. The van der Waals surface area contributed by atoms with Crippen LogP contribution in [0.1, 0.15) is 15.9 Å². The van der Waals surface area contributed by atoms with Gasteiger partial charge in [-0.25, -0.2) is 9.79 Å². The van der Waals surface area contributed by atoms with Crippen molar-refractivity contribution in [1.82, 2.24) is 0 Å². The van der Waals surface area contributed by atoms with Gasteiger partial charge in [0.05, 0.1) is 11.3 Å². The van der Waals surface area contributed by atoms with Gasteiger partial charge in [0.15, 0.2) is 5.96 Å². The summed E-state index contributed by atoms with van der Waals surface area (Å²) in [6, 6.07) is 17.1. The molecular weight excluding hydrogens is 336 g/mol. The summed E-state index contributed by atoms with van der Waals surface area (Å²) < 4.78 is 5.42. The summed E-state index contributed by atoms with van der Waals surface area (Å²) in [5, 5.41) is 9.26. The number of fused-ring (bicyclic) bond motifs is 1. The Morgan fingerprint density at radius 3 is 2.12 bits per heavy atom. The second-order valence-electron chi connectivity index (χ2n) is 5.61. The highest BCUT2D eigenvalue weighted by molar-refractivity contribution is 5.99. The predicted molar refractivity (Wildman–Crippen MR) is 102 cm³/mol. The zero-order chi connectivity index (χ0) is 18.7. The van der Waals surface area contributed by atoms with Gasteiger partial charge in [-0.1, -0.05) is 18.2 Å². The highest BCUT2D eigenvalue weighted by Gasteiger charge is 2.09. The van der Waals surface area contributed by atoms with E-state index in [-0.39, 0.29) is 11.8 Å². The number of hydrogen-bond acceptors (Lipinski definition) is 4. The van der Waals surface area contributed by atoms with E-state index in [1.807, 2.05) is 18.2 Å². The van der Waals surface area contributed by atoms with Gasteiger partial charge in [0.1, 0.15) is 11.6 Å². The average molecular weight is 353 g/mol. The first-order chi connectivity index (χ1) is 12.4. The molecule has 0 heterocycles. The Morgan fingerprint density at radius 2 is 1.46 bits per heavy atom. The van der Waals surface area contributed by atoms with Gasteiger partial charge in [0, 0.05) is 5.56 Å². The Labute approximate surface area is 149 Å². The molecule has 0 bridgehead atoms. The number of esters is 1. The van der Waals surface area contributed by atoms with Gasteiger partial charge in [-0.2, -0.15) is 0 Å². The molecule has 3 aromatic carbocycles. The lowest BCUT2D eigenvalue weighted by Crippen LogP contribution is -2.21. The Morgan fingerprint density at radius 1 is 0.846 bits per heavy atom. The molecule has 0 aliphatic carbocycles. The Balaban J connectivity index is 1.79. The van der Waals surface area contributed by atoms with Crippen LogP contribution in [0.4, 0.5) is 5.69 Å². The van der Waals surface area contributed by atoms with E-state index in [0.29, 0.717) is 22.6 Å². The van der Waals surface area contributed by atoms with E-state index in [4.69, 9.17) is 27.3 Å². The summed E-state index contributed by atoms with van der Waals surface area (Å²) in [6.07, 6.45) is 0. The third kappa shape index (κ3) is 3.78. The van der Waals surface area contributed by atoms with Crippen LogP contribution in [-0.2, 0) is 0 Å². The van der Waals surface area contributed by atoms with Gasteiger partial charge in [-0.05, 0) is 53.2 Å². The lowest BCUT2D eigenvalue weighted by molar-refractivity contribution is 0.0735. The molecule has 3 aromatic rings. The minimum absolute atomic E-state index is 0.00609. The maximum absolute atomic E-state index is 12.3.